The Bertz CT molecular complexity index is 533. The Labute approximate surface area is 123 Å². The predicted octanol–water partition coefficient (Wildman–Crippen LogP) is 2.84. The number of carbonyl (C=O) groups excluding carboxylic acids is 1. The molecule has 0 aromatic carbocycles. The van der Waals surface area contributed by atoms with Crippen LogP contribution in [0.25, 0.3) is 0 Å². The minimum absolute atomic E-state index is 0.0179. The largest absolute Gasteiger partial charge is 0.349 e. The molecule has 20 heavy (non-hydrogen) atoms. The highest BCUT2D eigenvalue weighted by Gasteiger charge is 2.12. The average Bonchev–Trinajstić information content (AvgIpc) is 2.52. The summed E-state index contributed by atoms with van der Waals surface area (Å²) in [5.74, 6) is 0.391. The Morgan fingerprint density at radius 3 is 2.70 bits per heavy atom. The molecule has 0 saturated heterocycles. The minimum atomic E-state index is 0.0179. The van der Waals surface area contributed by atoms with Crippen molar-refractivity contribution in [1.82, 2.24) is 15.3 Å². The molecule has 5 heteroatoms. The number of thioether (sulfide) groups is 1. The summed E-state index contributed by atoms with van der Waals surface area (Å²) < 4.78 is 0. The number of hydrogen-bond acceptors (Lipinski definition) is 4. The summed E-state index contributed by atoms with van der Waals surface area (Å²) >= 11 is 1.44. The third kappa shape index (κ3) is 4.35. The Balaban J connectivity index is 1.87. The van der Waals surface area contributed by atoms with Crippen LogP contribution in [0.5, 0.6) is 0 Å². The van der Waals surface area contributed by atoms with Gasteiger partial charge in [-0.3, -0.25) is 9.78 Å². The summed E-state index contributed by atoms with van der Waals surface area (Å²) in [6, 6.07) is 9.58. The number of nitrogens with zero attached hydrogens (tertiary/aromatic N) is 2. The van der Waals surface area contributed by atoms with E-state index in [1.807, 2.05) is 30.3 Å². The fraction of sp³-hybridized carbons (Fsp3) is 0.267. The van der Waals surface area contributed by atoms with Crippen molar-refractivity contribution in [3.63, 3.8) is 0 Å². The number of amides is 1. The van der Waals surface area contributed by atoms with Gasteiger partial charge in [0.1, 0.15) is 0 Å². The van der Waals surface area contributed by atoms with Crippen LogP contribution in [0.4, 0.5) is 0 Å². The van der Waals surface area contributed by atoms with Crippen LogP contribution >= 0.6 is 11.8 Å². The molecule has 0 radical (unpaired) electrons. The van der Waals surface area contributed by atoms with Gasteiger partial charge in [0.25, 0.3) is 0 Å². The zero-order chi connectivity index (χ0) is 14.2. The number of nitrogens with one attached hydrogen (secondary N) is 1. The number of pyridine rings is 2. The summed E-state index contributed by atoms with van der Waals surface area (Å²) in [5, 5.41) is 3.90. The standard InChI is InChI=1S/C15H17N3OS/c1-2-13(12-6-9-16-10-7-12)18-14(19)11-20-15-5-3-4-8-17-15/h3-10,13H,2,11H2,1H3,(H,18,19). The van der Waals surface area contributed by atoms with E-state index in [9.17, 15) is 4.79 Å². The van der Waals surface area contributed by atoms with Crippen LogP contribution in [0.3, 0.4) is 0 Å². The summed E-state index contributed by atoms with van der Waals surface area (Å²) in [6.45, 7) is 2.05. The third-order valence-corrected chi connectivity index (χ3v) is 3.78. The summed E-state index contributed by atoms with van der Waals surface area (Å²) in [6.07, 6.45) is 6.07. The van der Waals surface area contributed by atoms with Crippen molar-refractivity contribution in [3.8, 4) is 0 Å². The molecule has 0 aliphatic heterocycles. The van der Waals surface area contributed by atoms with Crippen LogP contribution in [0, 0.1) is 0 Å². The predicted molar refractivity (Wildman–Crippen MR) is 80.4 cm³/mol. The summed E-state index contributed by atoms with van der Waals surface area (Å²) in [7, 11) is 0. The van der Waals surface area contributed by atoms with Crippen LogP contribution in [-0.2, 0) is 4.79 Å². The molecule has 104 valence electrons. The van der Waals surface area contributed by atoms with E-state index >= 15 is 0 Å². The van der Waals surface area contributed by atoms with Crippen molar-refractivity contribution in [2.45, 2.75) is 24.4 Å². The van der Waals surface area contributed by atoms with E-state index in [-0.39, 0.29) is 11.9 Å². The molecule has 2 aromatic rings. The smallest absolute Gasteiger partial charge is 0.230 e. The Morgan fingerprint density at radius 1 is 1.25 bits per heavy atom. The molecule has 2 rings (SSSR count). The van der Waals surface area contributed by atoms with Crippen LogP contribution in [0.1, 0.15) is 24.9 Å². The monoisotopic (exact) mass is 287 g/mol. The molecule has 1 N–H and O–H groups in total. The van der Waals surface area contributed by atoms with E-state index in [1.165, 1.54) is 11.8 Å². The Hall–Kier alpha value is -1.88. The second-order valence-electron chi connectivity index (χ2n) is 4.27. The Morgan fingerprint density at radius 2 is 2.05 bits per heavy atom. The molecular weight excluding hydrogens is 270 g/mol. The topological polar surface area (TPSA) is 54.9 Å². The lowest BCUT2D eigenvalue weighted by Crippen LogP contribution is -2.29. The lowest BCUT2D eigenvalue weighted by atomic mass is 10.1. The molecule has 1 amide bonds. The van der Waals surface area contributed by atoms with Gasteiger partial charge in [-0.2, -0.15) is 0 Å². The second-order valence-corrected chi connectivity index (χ2v) is 5.26. The zero-order valence-electron chi connectivity index (χ0n) is 11.3. The minimum Gasteiger partial charge on any atom is -0.349 e. The molecule has 0 saturated carbocycles. The van der Waals surface area contributed by atoms with Gasteiger partial charge in [-0.25, -0.2) is 4.98 Å². The molecule has 0 bridgehead atoms. The third-order valence-electron chi connectivity index (χ3n) is 2.84. The number of aromatic nitrogens is 2. The maximum absolute atomic E-state index is 12.0. The van der Waals surface area contributed by atoms with E-state index in [2.05, 4.69) is 22.2 Å². The van der Waals surface area contributed by atoms with Crippen molar-refractivity contribution in [1.29, 1.82) is 0 Å². The van der Waals surface area contributed by atoms with Crippen molar-refractivity contribution in [2.75, 3.05) is 5.75 Å². The SMILES string of the molecule is CCC(NC(=O)CSc1ccccn1)c1ccncc1. The van der Waals surface area contributed by atoms with Gasteiger partial charge in [0, 0.05) is 18.6 Å². The number of carbonyl (C=O) groups is 1. The van der Waals surface area contributed by atoms with Gasteiger partial charge in [0.2, 0.25) is 5.91 Å². The zero-order valence-corrected chi connectivity index (χ0v) is 12.1. The maximum Gasteiger partial charge on any atom is 0.230 e. The lowest BCUT2D eigenvalue weighted by molar-refractivity contribution is -0.119. The molecule has 0 spiro atoms. The Kier molecular flexibility index (Phi) is 5.55. The molecule has 2 aromatic heterocycles. The lowest BCUT2D eigenvalue weighted by Gasteiger charge is -2.17. The first kappa shape index (κ1) is 14.5. The van der Waals surface area contributed by atoms with Crippen molar-refractivity contribution in [2.24, 2.45) is 0 Å². The molecule has 1 unspecified atom stereocenters. The van der Waals surface area contributed by atoms with Crippen molar-refractivity contribution in [3.05, 3.63) is 54.5 Å². The van der Waals surface area contributed by atoms with Crippen LogP contribution < -0.4 is 5.32 Å². The fourth-order valence-corrected chi connectivity index (χ4v) is 2.50. The highest BCUT2D eigenvalue weighted by Crippen LogP contribution is 2.17. The molecule has 2 heterocycles. The van der Waals surface area contributed by atoms with Gasteiger partial charge in [-0.15, -0.1) is 0 Å². The molecule has 4 nitrogen and oxygen atoms in total. The fourth-order valence-electron chi connectivity index (χ4n) is 1.82. The summed E-state index contributed by atoms with van der Waals surface area (Å²) in [5.41, 5.74) is 1.08. The summed E-state index contributed by atoms with van der Waals surface area (Å²) in [4.78, 5) is 20.2. The number of hydrogen-bond donors (Lipinski definition) is 1. The molecular formula is C15H17N3OS. The molecule has 0 aliphatic carbocycles. The van der Waals surface area contributed by atoms with Crippen molar-refractivity contribution >= 4 is 17.7 Å². The molecule has 0 aliphatic rings. The number of rotatable bonds is 6. The maximum atomic E-state index is 12.0. The van der Waals surface area contributed by atoms with E-state index in [0.717, 1.165) is 17.0 Å². The van der Waals surface area contributed by atoms with Gasteiger partial charge in [0.15, 0.2) is 0 Å². The first-order valence-electron chi connectivity index (χ1n) is 6.52. The first-order chi connectivity index (χ1) is 9.79. The van der Waals surface area contributed by atoms with Crippen LogP contribution in [0.2, 0.25) is 0 Å². The molecule has 0 fully saturated rings. The normalized spacial score (nSPS) is 11.8. The molecule has 1 atom stereocenters. The van der Waals surface area contributed by atoms with Crippen molar-refractivity contribution < 1.29 is 4.79 Å². The van der Waals surface area contributed by atoms with E-state index < -0.39 is 0 Å². The highest BCUT2D eigenvalue weighted by molar-refractivity contribution is 7.99. The van der Waals surface area contributed by atoms with E-state index in [4.69, 9.17) is 0 Å². The van der Waals surface area contributed by atoms with Gasteiger partial charge < -0.3 is 5.32 Å². The van der Waals surface area contributed by atoms with Crippen LogP contribution in [-0.4, -0.2) is 21.6 Å². The van der Waals surface area contributed by atoms with E-state index in [0.29, 0.717) is 5.75 Å². The highest BCUT2D eigenvalue weighted by atomic mass is 32.2. The van der Waals surface area contributed by atoms with Gasteiger partial charge in [-0.1, -0.05) is 24.8 Å². The van der Waals surface area contributed by atoms with Gasteiger partial charge in [0.05, 0.1) is 16.8 Å². The van der Waals surface area contributed by atoms with Gasteiger partial charge >= 0.3 is 0 Å². The second kappa shape index (κ2) is 7.65. The average molecular weight is 287 g/mol. The van der Waals surface area contributed by atoms with E-state index in [1.54, 1.807) is 18.6 Å². The first-order valence-corrected chi connectivity index (χ1v) is 7.51. The quantitative estimate of drug-likeness (QED) is 0.830. The van der Waals surface area contributed by atoms with Crippen LogP contribution in [0.15, 0.2) is 53.9 Å². The van der Waals surface area contributed by atoms with Gasteiger partial charge in [-0.05, 0) is 36.2 Å².